The van der Waals surface area contributed by atoms with E-state index in [2.05, 4.69) is 5.32 Å². The fourth-order valence-electron chi connectivity index (χ4n) is 1.82. The highest BCUT2D eigenvalue weighted by Crippen LogP contribution is 2.13. The van der Waals surface area contributed by atoms with Crippen molar-refractivity contribution in [1.82, 2.24) is 10.2 Å². The largest absolute Gasteiger partial charge is 0.480 e. The van der Waals surface area contributed by atoms with Crippen LogP contribution in [-0.4, -0.2) is 65.6 Å². The van der Waals surface area contributed by atoms with Crippen molar-refractivity contribution >= 4 is 12.0 Å². The van der Waals surface area contributed by atoms with Crippen molar-refractivity contribution in [2.75, 3.05) is 26.3 Å². The highest BCUT2D eigenvalue weighted by Gasteiger charge is 2.25. The molecule has 0 aromatic heterocycles. The van der Waals surface area contributed by atoms with Crippen molar-refractivity contribution in [3.05, 3.63) is 0 Å². The zero-order valence-corrected chi connectivity index (χ0v) is 10.5. The molecule has 0 aliphatic carbocycles. The molecule has 0 aromatic carbocycles. The molecule has 0 spiro atoms. The molecule has 1 fully saturated rings. The summed E-state index contributed by atoms with van der Waals surface area (Å²) in [6, 6.07) is -1.76. The fourth-order valence-corrected chi connectivity index (χ4v) is 1.82. The SMILES string of the molecule is CCN(CC1CCCO1)C(=O)N[C@H](CO)C(=O)O. The Balaban J connectivity index is 2.47. The molecule has 1 rings (SSSR count). The normalized spacial score (nSPS) is 20.4. The maximum Gasteiger partial charge on any atom is 0.328 e. The second-order valence-corrected chi connectivity index (χ2v) is 4.20. The molecule has 7 heteroatoms. The summed E-state index contributed by atoms with van der Waals surface area (Å²) in [5.41, 5.74) is 0. The number of hydrogen-bond donors (Lipinski definition) is 3. The lowest BCUT2D eigenvalue weighted by Gasteiger charge is -2.25. The highest BCUT2D eigenvalue weighted by atomic mass is 16.5. The summed E-state index contributed by atoms with van der Waals surface area (Å²) in [4.78, 5) is 24.0. The van der Waals surface area contributed by atoms with Gasteiger partial charge in [-0.05, 0) is 19.8 Å². The molecule has 2 atom stereocenters. The molecule has 1 saturated heterocycles. The number of hydrogen-bond acceptors (Lipinski definition) is 4. The number of carboxylic acids is 1. The Morgan fingerprint density at radius 1 is 1.56 bits per heavy atom. The molecular weight excluding hydrogens is 240 g/mol. The molecule has 1 aliphatic rings. The molecule has 0 saturated carbocycles. The van der Waals surface area contributed by atoms with E-state index in [4.69, 9.17) is 14.9 Å². The van der Waals surface area contributed by atoms with Gasteiger partial charge >= 0.3 is 12.0 Å². The summed E-state index contributed by atoms with van der Waals surface area (Å²) in [6.07, 6.45) is 1.91. The number of aliphatic hydroxyl groups is 1. The molecule has 2 amide bonds. The third-order valence-corrected chi connectivity index (χ3v) is 2.90. The summed E-state index contributed by atoms with van der Waals surface area (Å²) in [6.45, 7) is 2.80. The molecule has 0 radical (unpaired) electrons. The van der Waals surface area contributed by atoms with Gasteiger partial charge in [-0.25, -0.2) is 9.59 Å². The van der Waals surface area contributed by atoms with Crippen LogP contribution >= 0.6 is 0 Å². The van der Waals surface area contributed by atoms with Crippen LogP contribution in [0.4, 0.5) is 4.79 Å². The van der Waals surface area contributed by atoms with Crippen LogP contribution in [0.5, 0.6) is 0 Å². The first-order valence-corrected chi connectivity index (χ1v) is 6.09. The van der Waals surface area contributed by atoms with Crippen LogP contribution in [0.15, 0.2) is 0 Å². The van der Waals surface area contributed by atoms with Gasteiger partial charge in [0.05, 0.1) is 12.7 Å². The van der Waals surface area contributed by atoms with E-state index in [1.54, 1.807) is 0 Å². The van der Waals surface area contributed by atoms with E-state index in [1.807, 2.05) is 6.92 Å². The molecule has 18 heavy (non-hydrogen) atoms. The smallest absolute Gasteiger partial charge is 0.328 e. The second-order valence-electron chi connectivity index (χ2n) is 4.20. The first kappa shape index (κ1) is 14.7. The van der Waals surface area contributed by atoms with Gasteiger partial charge in [0.15, 0.2) is 6.04 Å². The number of amides is 2. The van der Waals surface area contributed by atoms with Crippen molar-refractivity contribution in [3.8, 4) is 0 Å². The maximum atomic E-state index is 11.8. The summed E-state index contributed by atoms with van der Waals surface area (Å²) < 4.78 is 5.43. The van der Waals surface area contributed by atoms with Gasteiger partial charge in [0.1, 0.15) is 0 Å². The zero-order chi connectivity index (χ0) is 13.5. The summed E-state index contributed by atoms with van der Waals surface area (Å²) in [7, 11) is 0. The average Bonchev–Trinajstić information content (AvgIpc) is 2.85. The number of carboxylic acid groups (broad SMARTS) is 1. The summed E-state index contributed by atoms with van der Waals surface area (Å²) in [5.74, 6) is -1.25. The number of carbonyl (C=O) groups excluding carboxylic acids is 1. The van der Waals surface area contributed by atoms with Gasteiger partial charge in [-0.3, -0.25) is 0 Å². The Bertz CT molecular complexity index is 291. The molecule has 7 nitrogen and oxygen atoms in total. The van der Waals surface area contributed by atoms with Gasteiger partial charge in [0.25, 0.3) is 0 Å². The summed E-state index contributed by atoms with van der Waals surface area (Å²) >= 11 is 0. The van der Waals surface area contributed by atoms with Crippen LogP contribution in [0.1, 0.15) is 19.8 Å². The third-order valence-electron chi connectivity index (χ3n) is 2.90. The number of rotatable bonds is 6. The average molecular weight is 260 g/mol. The standard InChI is InChI=1S/C11H20N2O5/c1-2-13(6-8-4-3-5-18-8)11(17)12-9(7-14)10(15)16/h8-9,14H,2-7H2,1H3,(H,12,17)(H,15,16)/t8?,9-/m1/s1. The quantitative estimate of drug-likeness (QED) is 0.606. The van der Waals surface area contributed by atoms with E-state index < -0.39 is 24.6 Å². The van der Waals surface area contributed by atoms with Crippen molar-refractivity contribution in [2.24, 2.45) is 0 Å². The topological polar surface area (TPSA) is 99.1 Å². The molecule has 0 bridgehead atoms. The van der Waals surface area contributed by atoms with Gasteiger partial charge in [0.2, 0.25) is 0 Å². The van der Waals surface area contributed by atoms with Crippen LogP contribution < -0.4 is 5.32 Å². The number of aliphatic carboxylic acids is 1. The fraction of sp³-hybridized carbons (Fsp3) is 0.818. The molecule has 3 N–H and O–H groups in total. The van der Waals surface area contributed by atoms with Gasteiger partial charge in [0, 0.05) is 19.7 Å². The third kappa shape index (κ3) is 4.15. The van der Waals surface area contributed by atoms with Crippen LogP contribution in [0.3, 0.4) is 0 Å². The number of carbonyl (C=O) groups is 2. The Morgan fingerprint density at radius 3 is 2.72 bits per heavy atom. The summed E-state index contributed by atoms with van der Waals surface area (Å²) in [5, 5.41) is 19.9. The van der Waals surface area contributed by atoms with Crippen molar-refractivity contribution in [3.63, 3.8) is 0 Å². The Hall–Kier alpha value is -1.34. The van der Waals surface area contributed by atoms with E-state index in [0.29, 0.717) is 19.7 Å². The minimum atomic E-state index is -1.27. The molecule has 0 aromatic rings. The van der Waals surface area contributed by atoms with Crippen LogP contribution in [0, 0.1) is 0 Å². The maximum absolute atomic E-state index is 11.8. The van der Waals surface area contributed by atoms with E-state index in [0.717, 1.165) is 12.8 Å². The van der Waals surface area contributed by atoms with Gasteiger partial charge in [-0.2, -0.15) is 0 Å². The lowest BCUT2D eigenvalue weighted by molar-refractivity contribution is -0.140. The van der Waals surface area contributed by atoms with Gasteiger partial charge in [-0.15, -0.1) is 0 Å². The Morgan fingerprint density at radius 2 is 2.28 bits per heavy atom. The molecule has 1 aliphatic heterocycles. The highest BCUT2D eigenvalue weighted by molar-refractivity contribution is 5.82. The van der Waals surface area contributed by atoms with Crippen LogP contribution in [0.2, 0.25) is 0 Å². The number of aliphatic hydroxyl groups excluding tert-OH is 1. The van der Waals surface area contributed by atoms with Gasteiger partial charge < -0.3 is 25.2 Å². The molecular formula is C11H20N2O5. The number of likely N-dealkylation sites (N-methyl/N-ethyl adjacent to an activating group) is 1. The second kappa shape index (κ2) is 7.17. The molecule has 1 heterocycles. The minimum absolute atomic E-state index is 0.0214. The number of urea groups is 1. The Kier molecular flexibility index (Phi) is 5.87. The van der Waals surface area contributed by atoms with E-state index in [9.17, 15) is 9.59 Å². The zero-order valence-electron chi connectivity index (χ0n) is 10.5. The van der Waals surface area contributed by atoms with E-state index in [-0.39, 0.29) is 6.10 Å². The Labute approximate surface area is 106 Å². The monoisotopic (exact) mass is 260 g/mol. The van der Waals surface area contributed by atoms with Gasteiger partial charge in [-0.1, -0.05) is 0 Å². The molecule has 104 valence electrons. The predicted octanol–water partition coefficient (Wildman–Crippen LogP) is -0.358. The number of nitrogens with one attached hydrogen (secondary N) is 1. The lowest BCUT2D eigenvalue weighted by Crippen LogP contribution is -2.51. The first-order valence-electron chi connectivity index (χ1n) is 6.09. The van der Waals surface area contributed by atoms with E-state index >= 15 is 0 Å². The first-order chi connectivity index (χ1) is 8.58. The van der Waals surface area contributed by atoms with Crippen LogP contribution in [0.25, 0.3) is 0 Å². The minimum Gasteiger partial charge on any atom is -0.480 e. The van der Waals surface area contributed by atoms with Crippen molar-refractivity contribution in [2.45, 2.75) is 31.9 Å². The van der Waals surface area contributed by atoms with Crippen molar-refractivity contribution < 1.29 is 24.5 Å². The number of nitrogens with zero attached hydrogens (tertiary/aromatic N) is 1. The predicted molar refractivity (Wildman–Crippen MR) is 63.3 cm³/mol. The van der Waals surface area contributed by atoms with Crippen LogP contribution in [-0.2, 0) is 9.53 Å². The lowest BCUT2D eigenvalue weighted by atomic mass is 10.2. The molecule has 1 unspecified atom stereocenters. The number of ether oxygens (including phenoxy) is 1. The van der Waals surface area contributed by atoms with E-state index in [1.165, 1.54) is 4.90 Å². The van der Waals surface area contributed by atoms with Crippen molar-refractivity contribution in [1.29, 1.82) is 0 Å².